The molecule has 22 heavy (non-hydrogen) atoms. The Labute approximate surface area is 135 Å². The molecule has 118 valence electrons. The molecule has 1 atom stereocenters. The summed E-state index contributed by atoms with van der Waals surface area (Å²) in [6.07, 6.45) is 5.43. The molecule has 3 rings (SSSR count). The van der Waals surface area contributed by atoms with E-state index < -0.39 is 0 Å². The molecule has 0 unspecified atom stereocenters. The summed E-state index contributed by atoms with van der Waals surface area (Å²) in [5, 5.41) is 5.04. The first-order valence-corrected chi connectivity index (χ1v) is 8.73. The second kappa shape index (κ2) is 7.11. The number of likely N-dealkylation sites (tertiary alicyclic amines) is 1. The molecule has 0 saturated carbocycles. The monoisotopic (exact) mass is 318 g/mol. The minimum atomic E-state index is 0.0149. The molecule has 1 aliphatic heterocycles. The van der Waals surface area contributed by atoms with E-state index >= 15 is 0 Å². The van der Waals surface area contributed by atoms with Crippen LogP contribution >= 0.6 is 11.3 Å². The molecule has 2 aromatic heterocycles. The maximum atomic E-state index is 12.3. The van der Waals surface area contributed by atoms with Crippen molar-refractivity contribution in [3.63, 3.8) is 0 Å². The minimum absolute atomic E-state index is 0.0149. The van der Waals surface area contributed by atoms with Gasteiger partial charge in [-0.2, -0.15) is 0 Å². The number of amides is 1. The van der Waals surface area contributed by atoms with Crippen molar-refractivity contribution >= 4 is 17.2 Å². The summed E-state index contributed by atoms with van der Waals surface area (Å²) in [7, 11) is 0. The lowest BCUT2D eigenvalue weighted by Gasteiger charge is -2.33. The summed E-state index contributed by atoms with van der Waals surface area (Å²) < 4.78 is 5.61. The van der Waals surface area contributed by atoms with Gasteiger partial charge in [0.1, 0.15) is 5.76 Å². The molecule has 0 bridgehead atoms. The molecular formula is C17H22N2O2S. The maximum Gasteiger partial charge on any atom is 0.261 e. The van der Waals surface area contributed by atoms with Gasteiger partial charge in [-0.25, -0.2) is 0 Å². The van der Waals surface area contributed by atoms with Crippen LogP contribution in [0.5, 0.6) is 0 Å². The van der Waals surface area contributed by atoms with Gasteiger partial charge in [-0.1, -0.05) is 6.42 Å². The van der Waals surface area contributed by atoms with E-state index in [2.05, 4.69) is 10.2 Å². The van der Waals surface area contributed by atoms with Crippen molar-refractivity contribution in [2.45, 2.75) is 32.2 Å². The topological polar surface area (TPSA) is 45.5 Å². The van der Waals surface area contributed by atoms with Gasteiger partial charge in [0, 0.05) is 6.54 Å². The molecular weight excluding hydrogens is 296 g/mol. The quantitative estimate of drug-likeness (QED) is 0.916. The van der Waals surface area contributed by atoms with Crippen LogP contribution in [0.3, 0.4) is 0 Å². The van der Waals surface area contributed by atoms with Crippen LogP contribution in [-0.4, -0.2) is 30.4 Å². The van der Waals surface area contributed by atoms with Gasteiger partial charge in [0.25, 0.3) is 5.91 Å². The van der Waals surface area contributed by atoms with Crippen molar-refractivity contribution in [2.24, 2.45) is 0 Å². The van der Waals surface area contributed by atoms with Gasteiger partial charge in [-0.15, -0.1) is 11.3 Å². The zero-order chi connectivity index (χ0) is 15.4. The number of rotatable bonds is 5. The average Bonchev–Trinajstić information content (AvgIpc) is 3.20. The highest BCUT2D eigenvalue weighted by molar-refractivity contribution is 7.12. The number of nitrogens with zero attached hydrogens (tertiary/aromatic N) is 1. The van der Waals surface area contributed by atoms with E-state index in [0.29, 0.717) is 6.54 Å². The van der Waals surface area contributed by atoms with E-state index in [1.807, 2.05) is 30.5 Å². The Balaban J connectivity index is 1.68. The van der Waals surface area contributed by atoms with Crippen LogP contribution in [0.25, 0.3) is 0 Å². The van der Waals surface area contributed by atoms with Gasteiger partial charge in [0.15, 0.2) is 0 Å². The van der Waals surface area contributed by atoms with E-state index in [9.17, 15) is 4.79 Å². The normalized spacial score (nSPS) is 17.3. The molecule has 1 aliphatic rings. The molecule has 1 saturated heterocycles. The van der Waals surface area contributed by atoms with E-state index in [0.717, 1.165) is 29.3 Å². The molecule has 1 fully saturated rings. The molecule has 0 radical (unpaired) electrons. The summed E-state index contributed by atoms with van der Waals surface area (Å²) in [5.41, 5.74) is 1.04. The number of furan rings is 1. The highest BCUT2D eigenvalue weighted by Gasteiger charge is 2.25. The Bertz CT molecular complexity index is 600. The summed E-state index contributed by atoms with van der Waals surface area (Å²) in [5.74, 6) is 0.950. The second-order valence-corrected chi connectivity index (χ2v) is 6.69. The fourth-order valence-corrected chi connectivity index (χ4v) is 3.84. The second-order valence-electron chi connectivity index (χ2n) is 5.77. The van der Waals surface area contributed by atoms with Crippen molar-refractivity contribution < 1.29 is 9.21 Å². The Morgan fingerprint density at radius 2 is 2.18 bits per heavy atom. The fraction of sp³-hybridized carbons (Fsp3) is 0.471. The predicted molar refractivity (Wildman–Crippen MR) is 88.3 cm³/mol. The van der Waals surface area contributed by atoms with Gasteiger partial charge in [0.05, 0.1) is 17.2 Å². The van der Waals surface area contributed by atoms with Gasteiger partial charge in [-0.3, -0.25) is 9.69 Å². The number of carbonyl (C=O) groups excluding carboxylic acids is 1. The van der Waals surface area contributed by atoms with Crippen LogP contribution in [0.4, 0.5) is 0 Å². The molecule has 0 aromatic carbocycles. The molecule has 2 aromatic rings. The number of nitrogens with one attached hydrogen (secondary N) is 1. The summed E-state index contributed by atoms with van der Waals surface area (Å²) in [6.45, 7) is 4.70. The van der Waals surface area contributed by atoms with Crippen molar-refractivity contribution in [1.29, 1.82) is 0 Å². The van der Waals surface area contributed by atoms with Crippen molar-refractivity contribution in [2.75, 3.05) is 19.6 Å². The van der Waals surface area contributed by atoms with Gasteiger partial charge in [0.2, 0.25) is 0 Å². The number of piperidine rings is 1. The minimum Gasteiger partial charge on any atom is -0.468 e. The lowest BCUT2D eigenvalue weighted by atomic mass is 10.1. The highest BCUT2D eigenvalue weighted by atomic mass is 32.1. The number of hydrogen-bond acceptors (Lipinski definition) is 4. The zero-order valence-corrected chi connectivity index (χ0v) is 13.7. The molecule has 3 heterocycles. The van der Waals surface area contributed by atoms with Crippen molar-refractivity contribution in [3.8, 4) is 0 Å². The third-order valence-electron chi connectivity index (χ3n) is 4.23. The molecule has 1 amide bonds. The van der Waals surface area contributed by atoms with Crippen LogP contribution in [0.1, 0.15) is 46.3 Å². The number of carbonyl (C=O) groups is 1. The van der Waals surface area contributed by atoms with Crippen molar-refractivity contribution in [1.82, 2.24) is 10.2 Å². The Hall–Kier alpha value is -1.59. The molecule has 5 heteroatoms. The van der Waals surface area contributed by atoms with Crippen LogP contribution in [0.2, 0.25) is 0 Å². The lowest BCUT2D eigenvalue weighted by molar-refractivity contribution is 0.0917. The highest BCUT2D eigenvalue weighted by Crippen LogP contribution is 2.25. The molecule has 4 nitrogen and oxygen atoms in total. The Morgan fingerprint density at radius 3 is 2.82 bits per heavy atom. The smallest absolute Gasteiger partial charge is 0.261 e. The predicted octanol–water partition coefficient (Wildman–Crippen LogP) is 3.61. The number of aryl methyl sites for hydroxylation is 1. The molecule has 0 spiro atoms. The van der Waals surface area contributed by atoms with E-state index in [1.165, 1.54) is 30.6 Å². The first kappa shape index (κ1) is 15.3. The van der Waals surface area contributed by atoms with Crippen LogP contribution < -0.4 is 5.32 Å². The van der Waals surface area contributed by atoms with Crippen LogP contribution in [0.15, 0.2) is 34.3 Å². The van der Waals surface area contributed by atoms with E-state index in [1.54, 1.807) is 6.26 Å². The Kier molecular flexibility index (Phi) is 4.95. The number of thiophene rings is 1. The van der Waals surface area contributed by atoms with Crippen LogP contribution in [-0.2, 0) is 0 Å². The third kappa shape index (κ3) is 3.42. The maximum absolute atomic E-state index is 12.3. The van der Waals surface area contributed by atoms with Gasteiger partial charge in [-0.05, 0) is 62.0 Å². The average molecular weight is 318 g/mol. The number of hydrogen-bond donors (Lipinski definition) is 1. The first-order chi connectivity index (χ1) is 10.8. The van der Waals surface area contributed by atoms with Crippen molar-refractivity contribution in [3.05, 3.63) is 46.0 Å². The SMILES string of the molecule is Cc1ccsc1C(=O)NC[C@H](c1ccco1)N1CCCCC1. The van der Waals surface area contributed by atoms with E-state index in [4.69, 9.17) is 4.42 Å². The Morgan fingerprint density at radius 1 is 1.36 bits per heavy atom. The first-order valence-electron chi connectivity index (χ1n) is 7.85. The largest absolute Gasteiger partial charge is 0.468 e. The zero-order valence-electron chi connectivity index (χ0n) is 12.9. The molecule has 1 N–H and O–H groups in total. The summed E-state index contributed by atoms with van der Waals surface area (Å²) >= 11 is 1.49. The van der Waals surface area contributed by atoms with E-state index in [-0.39, 0.29) is 11.9 Å². The van der Waals surface area contributed by atoms with Gasteiger partial charge >= 0.3 is 0 Å². The summed E-state index contributed by atoms with van der Waals surface area (Å²) in [4.78, 5) is 15.6. The standard InChI is InChI=1S/C17H22N2O2S/c1-13-7-11-22-16(13)17(20)18-12-14(15-6-5-10-21-15)19-8-3-2-4-9-19/h5-7,10-11,14H,2-4,8-9,12H2,1H3,(H,18,20)/t14-/m1/s1. The third-order valence-corrected chi connectivity index (χ3v) is 5.24. The molecule has 0 aliphatic carbocycles. The van der Waals surface area contributed by atoms with Crippen LogP contribution in [0, 0.1) is 6.92 Å². The fourth-order valence-electron chi connectivity index (χ4n) is 3.00. The lowest BCUT2D eigenvalue weighted by Crippen LogP contribution is -2.40. The van der Waals surface area contributed by atoms with Gasteiger partial charge < -0.3 is 9.73 Å². The summed E-state index contributed by atoms with van der Waals surface area (Å²) in [6, 6.07) is 6.02.